The van der Waals surface area contributed by atoms with E-state index in [1.165, 1.54) is 70.5 Å². The molecule has 10 aromatic carbocycles. The molecule has 20 aromatic rings. The largest absolute Gasteiger partial charge is 0.451 e. The van der Waals surface area contributed by atoms with E-state index >= 15 is 0 Å². The first-order valence-electron chi connectivity index (χ1n) is 42.1. The minimum Gasteiger partial charge on any atom is -0.451 e. The summed E-state index contributed by atoms with van der Waals surface area (Å²) in [4.78, 5) is 168. The summed E-state index contributed by atoms with van der Waals surface area (Å²) in [5, 5.41) is 16.1. The molecule has 54 heteroatoms. The Morgan fingerprint density at radius 3 is 0.553 bits per heavy atom. The molecule has 150 heavy (non-hydrogen) atoms. The number of thiazole rings is 5. The van der Waals surface area contributed by atoms with E-state index < -0.39 is 78.7 Å². The Kier molecular flexibility index (Phi) is 34.5. The zero-order chi connectivity index (χ0) is 109. The minimum atomic E-state index is -3.34. The van der Waals surface area contributed by atoms with Crippen molar-refractivity contribution < 1.29 is 97.7 Å². The second-order valence-electron chi connectivity index (χ2n) is 32.1. The van der Waals surface area contributed by atoms with Gasteiger partial charge in [-0.2, -0.15) is 0 Å². The fourth-order valence-electron chi connectivity index (χ4n) is 12.9. The molecule has 0 bridgehead atoms. The average molecular weight is 2540 g/mol. The SMILES string of the molecule is CN(C)C=O.CN(C)C=O.CS(=O)(=O)c1ccc2nc(NC(=O)c3cc(=O)c4ccc(Br)cc4o3)sc2c1.CS(=O)(=O)c1ccc2nc(NC(=O)c3cc(=O)c4ccc(Br)cc4o3)sc2c1.CS(=O)(=O)c1ccc2nc(NC(=O)c3cc(=O)c4ccc(Br)cc4o3)sc2c1.CS(=O)(=O)c1ccc2nc(NC(=O)c3cc(=O)c4ccc(Br)cc4o3)sc2c1.CS(=O)(=O)c1ccc2nc(NC(=O)c3cc(=O)c4ccc(Br)cc4o3)sc2c1. The number of nitrogens with zero attached hydrogens (tertiary/aromatic N) is 7. The maximum absolute atomic E-state index is 12.5. The lowest BCUT2D eigenvalue weighted by Gasteiger charge is -2.03. The van der Waals surface area contributed by atoms with Gasteiger partial charge in [-0.15, -0.1) is 0 Å². The van der Waals surface area contributed by atoms with E-state index in [-0.39, 0.29) is 134 Å². The van der Waals surface area contributed by atoms with Crippen LogP contribution >= 0.6 is 136 Å². The van der Waals surface area contributed by atoms with Crippen LogP contribution in [0.1, 0.15) is 52.8 Å². The maximum atomic E-state index is 12.5. The lowest BCUT2D eigenvalue weighted by atomic mass is 10.2. The Balaban J connectivity index is 0.000000144. The molecule has 0 fully saturated rings. The highest BCUT2D eigenvalue weighted by Gasteiger charge is 2.25. The molecule has 39 nitrogen and oxygen atoms in total. The molecule has 0 unspecified atom stereocenters. The van der Waals surface area contributed by atoms with E-state index in [0.717, 1.165) is 131 Å². The number of carbonyl (C=O) groups is 7. The first kappa shape index (κ1) is 112. The molecular formula is C96H69Br5N12O27S10. The lowest BCUT2D eigenvalue weighted by molar-refractivity contribution is -0.116. The number of fused-ring (bicyclic) bond motifs is 10. The molecule has 0 saturated carbocycles. The van der Waals surface area contributed by atoms with Crippen molar-refractivity contribution in [1.29, 1.82) is 0 Å². The van der Waals surface area contributed by atoms with Gasteiger partial charge in [0.25, 0.3) is 29.5 Å². The summed E-state index contributed by atoms with van der Waals surface area (Å²) >= 11 is 22.1. The molecule has 10 heterocycles. The van der Waals surface area contributed by atoms with Crippen molar-refractivity contribution in [3.8, 4) is 0 Å². The molecule has 0 radical (unpaired) electrons. The third kappa shape index (κ3) is 28.2. The van der Waals surface area contributed by atoms with Gasteiger partial charge in [0.1, 0.15) is 27.9 Å². The molecule has 0 atom stereocenters. The van der Waals surface area contributed by atoms with Crippen molar-refractivity contribution >= 4 is 359 Å². The Morgan fingerprint density at radius 2 is 0.413 bits per heavy atom. The van der Waals surface area contributed by atoms with Gasteiger partial charge in [0.15, 0.2) is 131 Å². The summed E-state index contributed by atoms with van der Waals surface area (Å²) in [5.41, 5.74) is 2.53. The van der Waals surface area contributed by atoms with Gasteiger partial charge >= 0.3 is 0 Å². The number of hydrogen-bond donors (Lipinski definition) is 5. The predicted molar refractivity (Wildman–Crippen MR) is 594 cm³/mol. The molecule has 10 aromatic heterocycles. The van der Waals surface area contributed by atoms with Gasteiger partial charge in [-0.05, 0) is 182 Å². The number of sulfone groups is 5. The number of rotatable bonds is 17. The number of anilines is 5. The number of benzene rings is 10. The average Bonchev–Trinajstić information content (AvgIpc) is 1.51. The van der Waals surface area contributed by atoms with E-state index in [2.05, 4.69) is 131 Å². The molecule has 0 aliphatic heterocycles. The van der Waals surface area contributed by atoms with Crippen molar-refractivity contribution in [3.63, 3.8) is 0 Å². The summed E-state index contributed by atoms with van der Waals surface area (Å²) in [6.07, 6.45) is 7.11. The third-order valence-corrected chi connectivity index (χ3v) is 32.7. The van der Waals surface area contributed by atoms with Crippen molar-refractivity contribution in [2.75, 3.05) is 86.1 Å². The Morgan fingerprint density at radius 1 is 0.260 bits per heavy atom. The smallest absolute Gasteiger partial charge is 0.293 e. The third-order valence-electron chi connectivity index (χ3n) is 20.0. The molecule has 7 amide bonds. The molecule has 0 aliphatic carbocycles. The molecule has 20 rings (SSSR count). The van der Waals surface area contributed by atoms with E-state index in [1.54, 1.807) is 150 Å². The van der Waals surface area contributed by atoms with Crippen LogP contribution in [-0.4, -0.2) is 179 Å². The van der Waals surface area contributed by atoms with Gasteiger partial charge in [-0.1, -0.05) is 136 Å². The number of amides is 7. The lowest BCUT2D eigenvalue weighted by Crippen LogP contribution is -2.14. The normalized spacial score (nSPS) is 11.5. The number of aromatic nitrogens is 5. The monoisotopic (exact) mass is 2540 g/mol. The highest BCUT2D eigenvalue weighted by Crippen LogP contribution is 2.37. The molecule has 5 N–H and O–H groups in total. The fourth-order valence-corrected chi connectivity index (χ4v) is 22.8. The Labute approximate surface area is 908 Å². The number of nitrogens with one attached hydrogen (secondary N) is 5. The van der Waals surface area contributed by atoms with Crippen LogP contribution in [0.25, 0.3) is 106 Å². The molecule has 0 spiro atoms. The van der Waals surface area contributed by atoms with Gasteiger partial charge in [-0.25, -0.2) is 67.0 Å². The molecule has 0 aliphatic rings. The molecule has 0 saturated heterocycles. The van der Waals surface area contributed by atoms with Gasteiger partial charge in [0, 0.05) is 112 Å². The van der Waals surface area contributed by atoms with Crippen LogP contribution in [0.5, 0.6) is 0 Å². The van der Waals surface area contributed by atoms with Crippen LogP contribution in [0.15, 0.2) is 305 Å². The van der Waals surface area contributed by atoms with Crippen LogP contribution in [0.3, 0.4) is 0 Å². The van der Waals surface area contributed by atoms with Gasteiger partial charge in [-0.3, -0.25) is 84.1 Å². The topological polar surface area (TPSA) is 572 Å². The number of halogens is 5. The number of carbonyl (C=O) groups excluding carboxylic acids is 7. The van der Waals surface area contributed by atoms with Crippen LogP contribution in [0.2, 0.25) is 0 Å². The van der Waals surface area contributed by atoms with Crippen LogP contribution in [0, 0.1) is 0 Å². The van der Waals surface area contributed by atoms with Crippen LogP contribution in [-0.2, 0) is 58.8 Å². The highest BCUT2D eigenvalue weighted by atomic mass is 79.9. The second kappa shape index (κ2) is 46.3. The highest BCUT2D eigenvalue weighted by molar-refractivity contribution is 9.11. The summed E-state index contributed by atoms with van der Waals surface area (Å²) < 4.78 is 151. The first-order valence-corrected chi connectivity index (χ1v) is 59.6. The van der Waals surface area contributed by atoms with E-state index in [1.807, 2.05) is 0 Å². The zero-order valence-electron chi connectivity index (χ0n) is 78.0. The molecular weight excluding hydrogens is 2470 g/mol. The van der Waals surface area contributed by atoms with E-state index in [4.69, 9.17) is 22.1 Å². The van der Waals surface area contributed by atoms with Gasteiger partial charge < -0.3 is 31.9 Å². The van der Waals surface area contributed by atoms with Crippen molar-refractivity contribution in [3.05, 3.63) is 315 Å². The van der Waals surface area contributed by atoms with Gasteiger partial charge in [0.2, 0.25) is 12.8 Å². The summed E-state index contributed by atoms with van der Waals surface area (Å²) in [6, 6.07) is 53.0. The second-order valence-corrected chi connectivity index (χ2v) is 51.9. The zero-order valence-corrected chi connectivity index (χ0v) is 94.1. The minimum absolute atomic E-state index is 0.147. The Hall–Kier alpha value is -13.9. The molecule has 770 valence electrons. The summed E-state index contributed by atoms with van der Waals surface area (Å²) in [6.45, 7) is 0. The van der Waals surface area contributed by atoms with E-state index in [9.17, 15) is 99.6 Å². The van der Waals surface area contributed by atoms with Gasteiger partial charge in [0.05, 0.1) is 102 Å². The Bertz CT molecular complexity index is 8640. The van der Waals surface area contributed by atoms with Crippen molar-refractivity contribution in [2.45, 2.75) is 24.5 Å². The fraction of sp³-hybridized carbons (Fsp3) is 0.0938. The van der Waals surface area contributed by atoms with Crippen LogP contribution < -0.4 is 53.7 Å². The quantitative estimate of drug-likeness (QED) is 0.0529. The standard InChI is InChI=1S/5C18H11BrN2O5S2.2C3H7NO/c5*1-28(24,25)10-3-5-12-16(7-10)27-18(20-12)21-17(23)15-8-13(22)11-4-2-9(19)6-14(11)26-15;2*1-4(2)3-5/h5*2-8H,1H3,(H,20,21,23);2*3H,1-2H3. The predicted octanol–water partition coefficient (Wildman–Crippen LogP) is 18.5. The van der Waals surface area contributed by atoms with Crippen molar-refractivity contribution in [2.24, 2.45) is 0 Å². The first-order chi connectivity index (χ1) is 70.6. The maximum Gasteiger partial charge on any atom is 0.293 e. The van der Waals surface area contributed by atoms with E-state index in [0.29, 0.717) is 100 Å². The van der Waals surface area contributed by atoms with Crippen molar-refractivity contribution in [1.82, 2.24) is 34.7 Å². The summed E-state index contributed by atoms with van der Waals surface area (Å²) in [5.74, 6) is -3.85. The number of hydrogen-bond acceptors (Lipinski definition) is 37. The van der Waals surface area contributed by atoms with Crippen LogP contribution in [0.4, 0.5) is 25.7 Å². The summed E-state index contributed by atoms with van der Waals surface area (Å²) in [7, 11) is -9.96.